The molecule has 0 aliphatic carbocycles. The third-order valence-corrected chi connectivity index (χ3v) is 3.20. The van der Waals surface area contributed by atoms with E-state index in [4.69, 9.17) is 0 Å². The monoisotopic (exact) mass is 371 g/mol. The molecule has 0 saturated heterocycles. The van der Waals surface area contributed by atoms with Gasteiger partial charge in [0.25, 0.3) is 5.56 Å². The van der Waals surface area contributed by atoms with Crippen LogP contribution in [-0.4, -0.2) is 22.9 Å². The molecule has 0 aliphatic rings. The van der Waals surface area contributed by atoms with Crippen molar-refractivity contribution >= 4 is 17.5 Å². The average molecular weight is 371 g/mol. The Morgan fingerprint density at radius 1 is 1.00 bits per heavy atom. The Bertz CT molecular complexity index is 860. The lowest BCUT2D eigenvalue weighted by Crippen LogP contribution is -2.37. The number of pyridine rings is 1. The molecule has 0 saturated carbocycles. The molecular weight excluding hydrogens is 358 g/mol. The molecule has 10 heteroatoms. The van der Waals surface area contributed by atoms with E-state index in [-0.39, 0.29) is 0 Å². The van der Waals surface area contributed by atoms with Crippen LogP contribution in [0.3, 0.4) is 0 Å². The van der Waals surface area contributed by atoms with Crippen LogP contribution in [0.15, 0.2) is 47.4 Å². The van der Waals surface area contributed by atoms with Crippen LogP contribution in [-0.2, 0) is 22.3 Å². The minimum absolute atomic E-state index is 0.305. The Morgan fingerprint density at radius 2 is 1.65 bits per heavy atom. The molecule has 2 rings (SSSR count). The highest BCUT2D eigenvalue weighted by Crippen LogP contribution is 2.27. The maximum Gasteiger partial charge on any atom is 0.417 e. The van der Waals surface area contributed by atoms with E-state index in [9.17, 15) is 31.9 Å². The highest BCUT2D eigenvalue weighted by molar-refractivity contribution is 5.94. The Hall–Kier alpha value is -3.17. The van der Waals surface area contributed by atoms with Gasteiger partial charge in [0.1, 0.15) is 12.4 Å². The predicted octanol–water partition coefficient (Wildman–Crippen LogP) is 1.76. The molecule has 0 radical (unpaired) electrons. The third kappa shape index (κ3) is 5.43. The molecule has 0 spiro atoms. The number of alkyl halides is 3. The number of carbonyl (C=O) groups is 2. The maximum atomic E-state index is 12.8. The molecule has 1 aromatic heterocycles. The molecule has 6 nitrogen and oxygen atoms in total. The van der Waals surface area contributed by atoms with Crippen LogP contribution in [0.5, 0.6) is 0 Å². The van der Waals surface area contributed by atoms with E-state index in [1.54, 1.807) is 0 Å². The van der Waals surface area contributed by atoms with Crippen molar-refractivity contribution < 1.29 is 27.2 Å². The number of nitrogens with one attached hydrogen (secondary N) is 2. The molecule has 0 aliphatic heterocycles. The summed E-state index contributed by atoms with van der Waals surface area (Å²) in [6.07, 6.45) is -4.12. The maximum absolute atomic E-state index is 12.8. The first-order chi connectivity index (χ1) is 12.1. The van der Waals surface area contributed by atoms with Gasteiger partial charge in [-0.05, 0) is 30.3 Å². The molecule has 0 unspecified atom stereocenters. The summed E-state index contributed by atoms with van der Waals surface area (Å²) >= 11 is 0. The molecule has 2 aromatic rings. The molecule has 0 atom stereocenters. The van der Waals surface area contributed by atoms with Crippen LogP contribution < -0.4 is 16.2 Å². The van der Waals surface area contributed by atoms with Crippen molar-refractivity contribution in [2.45, 2.75) is 12.7 Å². The molecule has 138 valence electrons. The first kappa shape index (κ1) is 19.2. The van der Waals surface area contributed by atoms with E-state index in [1.807, 2.05) is 0 Å². The molecular formula is C16H13F4N3O3. The van der Waals surface area contributed by atoms with Crippen molar-refractivity contribution in [1.29, 1.82) is 0 Å². The smallest absolute Gasteiger partial charge is 0.345 e. The van der Waals surface area contributed by atoms with Gasteiger partial charge >= 0.3 is 6.18 Å². The van der Waals surface area contributed by atoms with E-state index >= 15 is 0 Å². The summed E-state index contributed by atoms with van der Waals surface area (Å²) in [5.74, 6) is -1.93. The number of carbonyl (C=O) groups excluding carboxylic acids is 2. The number of aromatic nitrogens is 1. The van der Waals surface area contributed by atoms with Gasteiger partial charge < -0.3 is 15.2 Å². The van der Waals surface area contributed by atoms with Crippen LogP contribution in [0.25, 0.3) is 0 Å². The zero-order valence-electron chi connectivity index (χ0n) is 13.1. The van der Waals surface area contributed by atoms with Crippen molar-refractivity contribution in [1.82, 2.24) is 9.88 Å². The zero-order chi connectivity index (χ0) is 19.3. The first-order valence-electron chi connectivity index (χ1n) is 7.25. The standard InChI is InChI=1S/C16H13F4N3O3/c17-11-2-4-12(5-3-11)22-13(24)7-21-14(25)9-23-8-10(16(18,19)20)1-6-15(23)26/h1-6,8H,7,9H2,(H,21,25)(H,22,24). The molecule has 0 bridgehead atoms. The largest absolute Gasteiger partial charge is 0.417 e. The number of halogens is 4. The van der Waals surface area contributed by atoms with Crippen LogP contribution in [0.2, 0.25) is 0 Å². The Kier molecular flexibility index (Phi) is 5.75. The van der Waals surface area contributed by atoms with Crippen molar-refractivity contribution in [2.75, 3.05) is 11.9 Å². The van der Waals surface area contributed by atoms with Crippen LogP contribution in [0.1, 0.15) is 5.56 Å². The second kappa shape index (κ2) is 7.81. The Morgan fingerprint density at radius 3 is 2.27 bits per heavy atom. The van der Waals surface area contributed by atoms with Crippen molar-refractivity contribution in [3.05, 3.63) is 64.3 Å². The SMILES string of the molecule is O=C(Cn1cc(C(F)(F)F)ccc1=O)NCC(=O)Nc1ccc(F)cc1. The van der Waals surface area contributed by atoms with E-state index in [0.717, 1.165) is 12.1 Å². The number of hydrogen-bond acceptors (Lipinski definition) is 3. The van der Waals surface area contributed by atoms with Gasteiger partial charge in [0, 0.05) is 18.0 Å². The summed E-state index contributed by atoms with van der Waals surface area (Å²) in [5, 5.41) is 4.57. The lowest BCUT2D eigenvalue weighted by molar-refractivity contribution is -0.138. The minimum atomic E-state index is -4.65. The number of benzene rings is 1. The number of rotatable bonds is 5. The summed E-state index contributed by atoms with van der Waals surface area (Å²) < 4.78 is 51.2. The van der Waals surface area contributed by atoms with Gasteiger partial charge in [-0.15, -0.1) is 0 Å². The van der Waals surface area contributed by atoms with Gasteiger partial charge in [-0.25, -0.2) is 4.39 Å². The normalized spacial score (nSPS) is 11.1. The van der Waals surface area contributed by atoms with E-state index in [1.165, 1.54) is 12.1 Å². The second-order valence-electron chi connectivity index (χ2n) is 5.21. The average Bonchev–Trinajstić information content (AvgIpc) is 2.56. The summed E-state index contributed by atoms with van der Waals surface area (Å²) in [4.78, 5) is 35.0. The van der Waals surface area contributed by atoms with E-state index < -0.39 is 48.0 Å². The highest BCUT2D eigenvalue weighted by Gasteiger charge is 2.31. The lowest BCUT2D eigenvalue weighted by Gasteiger charge is -2.11. The van der Waals surface area contributed by atoms with Crippen LogP contribution in [0, 0.1) is 5.82 Å². The third-order valence-electron chi connectivity index (χ3n) is 3.20. The first-order valence-corrected chi connectivity index (χ1v) is 7.25. The van der Waals surface area contributed by atoms with Gasteiger partial charge in [0.15, 0.2) is 0 Å². The number of anilines is 1. The Labute approximate surface area is 144 Å². The molecule has 1 heterocycles. The topological polar surface area (TPSA) is 80.2 Å². The summed E-state index contributed by atoms with van der Waals surface area (Å²) in [5.41, 5.74) is -1.55. The fourth-order valence-corrected chi connectivity index (χ4v) is 1.95. The molecule has 26 heavy (non-hydrogen) atoms. The molecule has 0 fully saturated rings. The van der Waals surface area contributed by atoms with Crippen molar-refractivity contribution in [2.24, 2.45) is 0 Å². The van der Waals surface area contributed by atoms with E-state index in [0.29, 0.717) is 28.6 Å². The van der Waals surface area contributed by atoms with Crippen LogP contribution >= 0.6 is 0 Å². The summed E-state index contributed by atoms with van der Waals surface area (Å²) in [7, 11) is 0. The fraction of sp³-hybridized carbons (Fsp3) is 0.188. The molecule has 2 N–H and O–H groups in total. The van der Waals surface area contributed by atoms with Crippen molar-refractivity contribution in [3.63, 3.8) is 0 Å². The highest BCUT2D eigenvalue weighted by atomic mass is 19.4. The van der Waals surface area contributed by atoms with Gasteiger partial charge in [-0.1, -0.05) is 0 Å². The second-order valence-corrected chi connectivity index (χ2v) is 5.21. The van der Waals surface area contributed by atoms with Gasteiger partial charge in [-0.3, -0.25) is 14.4 Å². The predicted molar refractivity (Wildman–Crippen MR) is 83.7 cm³/mol. The zero-order valence-corrected chi connectivity index (χ0v) is 13.1. The minimum Gasteiger partial charge on any atom is -0.345 e. The van der Waals surface area contributed by atoms with Gasteiger partial charge in [0.05, 0.1) is 12.1 Å². The van der Waals surface area contributed by atoms with E-state index in [2.05, 4.69) is 10.6 Å². The molecule has 1 aromatic carbocycles. The van der Waals surface area contributed by atoms with Crippen molar-refractivity contribution in [3.8, 4) is 0 Å². The lowest BCUT2D eigenvalue weighted by atomic mass is 10.2. The summed E-state index contributed by atoms with van der Waals surface area (Å²) in [6.45, 7) is -1.14. The molecule has 2 amide bonds. The van der Waals surface area contributed by atoms with Crippen LogP contribution in [0.4, 0.5) is 23.2 Å². The number of nitrogens with zero attached hydrogens (tertiary/aromatic N) is 1. The number of hydrogen-bond donors (Lipinski definition) is 2. The van der Waals surface area contributed by atoms with Gasteiger partial charge in [0.2, 0.25) is 11.8 Å². The Balaban J connectivity index is 1.91. The number of amides is 2. The summed E-state index contributed by atoms with van der Waals surface area (Å²) in [6, 6.07) is 6.22. The quantitative estimate of drug-likeness (QED) is 0.786. The fourth-order valence-electron chi connectivity index (χ4n) is 1.95. The van der Waals surface area contributed by atoms with Gasteiger partial charge in [-0.2, -0.15) is 13.2 Å².